The zero-order valence-electron chi connectivity index (χ0n) is 4.22. The third-order valence-electron chi connectivity index (χ3n) is 1.24. The lowest BCUT2D eigenvalue weighted by atomic mass is 10.3. The van der Waals surface area contributed by atoms with Gasteiger partial charge in [-0.3, -0.25) is 11.3 Å². The first-order valence-electron chi connectivity index (χ1n) is 2.54. The lowest BCUT2D eigenvalue weighted by molar-refractivity contribution is 0.560. The van der Waals surface area contributed by atoms with Crippen molar-refractivity contribution in [1.29, 1.82) is 0 Å². The fraction of sp³-hybridized carbons (Fsp3) is 0.600. The molecule has 2 nitrogen and oxygen atoms in total. The molecule has 0 saturated heterocycles. The Morgan fingerprint density at radius 2 is 2.00 bits per heavy atom. The molecule has 0 aromatic carbocycles. The highest BCUT2D eigenvalue weighted by molar-refractivity contribution is 4.96. The van der Waals surface area contributed by atoms with E-state index in [4.69, 9.17) is 5.84 Å². The SMILES string of the molecule is NNC1CC=CC1. The molecule has 0 saturated carbocycles. The van der Waals surface area contributed by atoms with Gasteiger partial charge in [-0.2, -0.15) is 0 Å². The molecule has 0 aromatic rings. The molecule has 1 aliphatic rings. The molecule has 40 valence electrons. The van der Waals surface area contributed by atoms with Gasteiger partial charge in [0.15, 0.2) is 0 Å². The van der Waals surface area contributed by atoms with Crippen molar-refractivity contribution in [2.45, 2.75) is 18.9 Å². The molecule has 0 aromatic heterocycles. The van der Waals surface area contributed by atoms with Crippen LogP contribution in [0.5, 0.6) is 0 Å². The van der Waals surface area contributed by atoms with Crippen molar-refractivity contribution in [3.05, 3.63) is 12.2 Å². The highest BCUT2D eigenvalue weighted by Crippen LogP contribution is 2.06. The first-order valence-corrected chi connectivity index (χ1v) is 2.54. The number of hydrazine groups is 1. The van der Waals surface area contributed by atoms with E-state index in [1.807, 2.05) is 0 Å². The van der Waals surface area contributed by atoms with Gasteiger partial charge < -0.3 is 0 Å². The summed E-state index contributed by atoms with van der Waals surface area (Å²) >= 11 is 0. The first kappa shape index (κ1) is 4.81. The van der Waals surface area contributed by atoms with E-state index in [1.54, 1.807) is 0 Å². The van der Waals surface area contributed by atoms with E-state index in [0.29, 0.717) is 6.04 Å². The molecular weight excluding hydrogens is 88.1 g/mol. The molecule has 0 spiro atoms. The molecule has 0 unspecified atom stereocenters. The summed E-state index contributed by atoms with van der Waals surface area (Å²) in [6, 6.07) is 0.514. The minimum atomic E-state index is 0.514. The molecular formula is C5H10N2. The third kappa shape index (κ3) is 1.01. The monoisotopic (exact) mass is 98.1 g/mol. The highest BCUT2D eigenvalue weighted by Gasteiger charge is 2.04. The van der Waals surface area contributed by atoms with E-state index in [1.165, 1.54) is 0 Å². The Balaban J connectivity index is 2.22. The average Bonchev–Trinajstić information content (AvgIpc) is 2.14. The van der Waals surface area contributed by atoms with Gasteiger partial charge in [-0.05, 0) is 12.8 Å². The lowest BCUT2D eigenvalue weighted by Gasteiger charge is -2.03. The normalized spacial score (nSPS) is 21.3. The molecule has 3 N–H and O–H groups in total. The van der Waals surface area contributed by atoms with Crippen LogP contribution in [0.2, 0.25) is 0 Å². The molecule has 0 fully saturated rings. The van der Waals surface area contributed by atoms with Gasteiger partial charge in [0.05, 0.1) is 0 Å². The molecule has 1 aliphatic carbocycles. The standard InChI is InChI=1S/C5H10N2/c6-7-5-3-1-2-4-5/h1-2,5,7H,3-4,6H2. The smallest absolute Gasteiger partial charge is 0.0279 e. The van der Waals surface area contributed by atoms with E-state index >= 15 is 0 Å². The summed E-state index contributed by atoms with van der Waals surface area (Å²) in [4.78, 5) is 0. The summed E-state index contributed by atoms with van der Waals surface area (Å²) in [7, 11) is 0. The van der Waals surface area contributed by atoms with Crippen molar-refractivity contribution in [2.75, 3.05) is 0 Å². The highest BCUT2D eigenvalue weighted by atomic mass is 15.2. The molecule has 1 rings (SSSR count). The second-order valence-corrected chi connectivity index (χ2v) is 1.81. The molecule has 2 heteroatoms. The number of hydrogen-bond acceptors (Lipinski definition) is 2. The van der Waals surface area contributed by atoms with Gasteiger partial charge in [0, 0.05) is 6.04 Å². The molecule has 0 bridgehead atoms. The van der Waals surface area contributed by atoms with Crippen molar-refractivity contribution in [3.63, 3.8) is 0 Å². The Bertz CT molecular complexity index is 70.1. The maximum Gasteiger partial charge on any atom is 0.0279 e. The lowest BCUT2D eigenvalue weighted by Crippen LogP contribution is -2.32. The maximum absolute atomic E-state index is 5.14. The van der Waals surface area contributed by atoms with Gasteiger partial charge >= 0.3 is 0 Å². The molecule has 0 atom stereocenters. The van der Waals surface area contributed by atoms with Crippen molar-refractivity contribution in [1.82, 2.24) is 5.43 Å². The number of nitrogens with two attached hydrogens (primary N) is 1. The zero-order valence-corrected chi connectivity index (χ0v) is 4.22. The van der Waals surface area contributed by atoms with E-state index in [0.717, 1.165) is 12.8 Å². The predicted molar refractivity (Wildman–Crippen MR) is 29.5 cm³/mol. The minimum absolute atomic E-state index is 0.514. The van der Waals surface area contributed by atoms with Crippen LogP contribution in [0.4, 0.5) is 0 Å². The summed E-state index contributed by atoms with van der Waals surface area (Å²) in [5.41, 5.74) is 2.70. The summed E-state index contributed by atoms with van der Waals surface area (Å²) in [5.74, 6) is 5.14. The second-order valence-electron chi connectivity index (χ2n) is 1.81. The van der Waals surface area contributed by atoms with Gasteiger partial charge in [0.2, 0.25) is 0 Å². The fourth-order valence-corrected chi connectivity index (χ4v) is 0.753. The van der Waals surface area contributed by atoms with Gasteiger partial charge in [-0.15, -0.1) is 0 Å². The van der Waals surface area contributed by atoms with Gasteiger partial charge in [0.1, 0.15) is 0 Å². The second kappa shape index (κ2) is 2.09. The molecule has 7 heavy (non-hydrogen) atoms. The van der Waals surface area contributed by atoms with Crippen LogP contribution in [-0.4, -0.2) is 6.04 Å². The van der Waals surface area contributed by atoms with Crippen molar-refractivity contribution >= 4 is 0 Å². The van der Waals surface area contributed by atoms with Crippen LogP contribution in [0.25, 0.3) is 0 Å². The molecule has 0 radical (unpaired) electrons. The minimum Gasteiger partial charge on any atom is -0.271 e. The summed E-state index contributed by atoms with van der Waals surface area (Å²) in [6.07, 6.45) is 6.47. The van der Waals surface area contributed by atoms with E-state index in [9.17, 15) is 0 Å². The van der Waals surface area contributed by atoms with Crippen LogP contribution < -0.4 is 11.3 Å². The van der Waals surface area contributed by atoms with Crippen molar-refractivity contribution in [2.24, 2.45) is 5.84 Å². The van der Waals surface area contributed by atoms with Crippen LogP contribution in [0.3, 0.4) is 0 Å². The van der Waals surface area contributed by atoms with Crippen molar-refractivity contribution in [3.8, 4) is 0 Å². The van der Waals surface area contributed by atoms with Crippen LogP contribution in [0.1, 0.15) is 12.8 Å². The number of hydrogen-bond donors (Lipinski definition) is 2. The Morgan fingerprint density at radius 3 is 2.29 bits per heavy atom. The molecule has 0 amide bonds. The van der Waals surface area contributed by atoms with Gasteiger partial charge in [-0.25, -0.2) is 0 Å². The average molecular weight is 98.1 g/mol. The largest absolute Gasteiger partial charge is 0.271 e. The summed E-state index contributed by atoms with van der Waals surface area (Å²) < 4.78 is 0. The number of nitrogens with one attached hydrogen (secondary N) is 1. The topological polar surface area (TPSA) is 38.0 Å². The predicted octanol–water partition coefficient (Wildman–Crippen LogP) is 0.168. The third-order valence-corrected chi connectivity index (χ3v) is 1.24. The van der Waals surface area contributed by atoms with Crippen LogP contribution in [0.15, 0.2) is 12.2 Å². The maximum atomic E-state index is 5.14. The van der Waals surface area contributed by atoms with E-state index in [2.05, 4.69) is 17.6 Å². The Kier molecular flexibility index (Phi) is 1.44. The van der Waals surface area contributed by atoms with Crippen LogP contribution in [0, 0.1) is 0 Å². The fourth-order valence-electron chi connectivity index (χ4n) is 0.753. The molecule has 0 aliphatic heterocycles. The quantitative estimate of drug-likeness (QED) is 0.279. The van der Waals surface area contributed by atoms with Gasteiger partial charge in [0.25, 0.3) is 0 Å². The first-order chi connectivity index (χ1) is 3.43. The summed E-state index contributed by atoms with van der Waals surface area (Å²) in [5, 5.41) is 0. The summed E-state index contributed by atoms with van der Waals surface area (Å²) in [6.45, 7) is 0. The van der Waals surface area contributed by atoms with E-state index < -0.39 is 0 Å². The van der Waals surface area contributed by atoms with Gasteiger partial charge in [-0.1, -0.05) is 12.2 Å². The van der Waals surface area contributed by atoms with Crippen molar-refractivity contribution < 1.29 is 0 Å². The Morgan fingerprint density at radius 1 is 1.43 bits per heavy atom. The zero-order chi connectivity index (χ0) is 5.11. The number of rotatable bonds is 1. The van der Waals surface area contributed by atoms with Crippen LogP contribution >= 0.6 is 0 Å². The Labute approximate surface area is 43.4 Å². The van der Waals surface area contributed by atoms with E-state index in [-0.39, 0.29) is 0 Å². The molecule has 0 heterocycles. The Hall–Kier alpha value is -0.340. The van der Waals surface area contributed by atoms with Crippen LogP contribution in [-0.2, 0) is 0 Å².